The number of hydrogen-bond acceptors (Lipinski definition) is 6. The minimum absolute atomic E-state index is 0.0986. The monoisotopic (exact) mass is 193 g/mol. The van der Waals surface area contributed by atoms with E-state index in [1.807, 2.05) is 0 Å². The van der Waals surface area contributed by atoms with Crippen molar-refractivity contribution in [1.29, 1.82) is 0 Å². The second-order valence-electron chi connectivity index (χ2n) is 2.68. The van der Waals surface area contributed by atoms with Crippen LogP contribution in [0.4, 0.5) is 0 Å². The minimum atomic E-state index is -0.0986. The molecule has 2 rings (SSSR count). The zero-order chi connectivity index (χ0) is 9.97. The van der Waals surface area contributed by atoms with Crippen LogP contribution in [0.5, 0.6) is 0 Å². The van der Waals surface area contributed by atoms with Gasteiger partial charge in [-0.2, -0.15) is 4.98 Å². The van der Waals surface area contributed by atoms with E-state index in [2.05, 4.69) is 25.0 Å². The molecule has 0 aliphatic carbocycles. The molecular weight excluding hydrogens is 186 g/mol. The molecule has 2 aromatic rings. The summed E-state index contributed by atoms with van der Waals surface area (Å²) in [7, 11) is 0. The van der Waals surface area contributed by atoms with Gasteiger partial charge in [-0.1, -0.05) is 10.4 Å². The average Bonchev–Trinajstić information content (AvgIpc) is 2.75. The normalized spacial score (nSPS) is 10.4. The van der Waals surface area contributed by atoms with Crippen molar-refractivity contribution in [2.24, 2.45) is 0 Å². The SMILES string of the molecule is CC(=O)c1cnnn1Cc1ncon1. The van der Waals surface area contributed by atoms with Crippen molar-refractivity contribution in [3.05, 3.63) is 24.1 Å². The number of ketones is 1. The van der Waals surface area contributed by atoms with Crippen LogP contribution in [0.25, 0.3) is 0 Å². The van der Waals surface area contributed by atoms with Crippen molar-refractivity contribution in [2.75, 3.05) is 0 Å². The van der Waals surface area contributed by atoms with Gasteiger partial charge in [0.25, 0.3) is 0 Å². The first-order chi connectivity index (χ1) is 6.77. The van der Waals surface area contributed by atoms with Gasteiger partial charge in [0.15, 0.2) is 11.6 Å². The molecule has 2 aromatic heterocycles. The molecule has 7 nitrogen and oxygen atoms in total. The summed E-state index contributed by atoms with van der Waals surface area (Å²) in [5, 5.41) is 11.0. The number of Topliss-reactive ketones (excluding diaryl/α,β-unsaturated/α-hetero) is 1. The maximum Gasteiger partial charge on any atom is 0.213 e. The standard InChI is InChI=1S/C7H7N5O2/c1-5(13)6-2-9-11-12(6)3-7-8-4-14-10-7/h2,4H,3H2,1H3. The zero-order valence-corrected chi connectivity index (χ0v) is 7.41. The van der Waals surface area contributed by atoms with Gasteiger partial charge in [-0.3, -0.25) is 4.79 Å². The number of carbonyl (C=O) groups excluding carboxylic acids is 1. The van der Waals surface area contributed by atoms with E-state index >= 15 is 0 Å². The average molecular weight is 193 g/mol. The molecule has 0 atom stereocenters. The Hall–Kier alpha value is -2.05. The summed E-state index contributed by atoms with van der Waals surface area (Å²) in [6, 6.07) is 0. The van der Waals surface area contributed by atoms with Gasteiger partial charge in [-0.05, 0) is 0 Å². The number of hydrogen-bond donors (Lipinski definition) is 0. The molecule has 0 unspecified atom stereocenters. The maximum absolute atomic E-state index is 11.1. The Morgan fingerprint density at radius 1 is 1.64 bits per heavy atom. The van der Waals surface area contributed by atoms with Gasteiger partial charge in [0.2, 0.25) is 6.39 Å². The molecule has 0 N–H and O–H groups in total. The van der Waals surface area contributed by atoms with Crippen LogP contribution < -0.4 is 0 Å². The summed E-state index contributed by atoms with van der Waals surface area (Å²) in [6.07, 6.45) is 2.63. The van der Waals surface area contributed by atoms with Crippen LogP contribution in [0.3, 0.4) is 0 Å². The van der Waals surface area contributed by atoms with Crippen molar-refractivity contribution >= 4 is 5.78 Å². The summed E-state index contributed by atoms with van der Waals surface area (Å²) in [6.45, 7) is 1.73. The van der Waals surface area contributed by atoms with E-state index in [1.165, 1.54) is 24.2 Å². The summed E-state index contributed by atoms with van der Waals surface area (Å²) in [4.78, 5) is 14.9. The fourth-order valence-corrected chi connectivity index (χ4v) is 1.04. The molecule has 0 spiro atoms. The van der Waals surface area contributed by atoms with Gasteiger partial charge < -0.3 is 4.52 Å². The highest BCUT2D eigenvalue weighted by Gasteiger charge is 2.10. The molecule has 0 aliphatic rings. The van der Waals surface area contributed by atoms with Crippen LogP contribution in [0.1, 0.15) is 23.2 Å². The summed E-state index contributed by atoms with van der Waals surface area (Å²) in [5.41, 5.74) is 0.426. The van der Waals surface area contributed by atoms with Crippen molar-refractivity contribution in [3.8, 4) is 0 Å². The summed E-state index contributed by atoms with van der Waals surface area (Å²) < 4.78 is 5.98. The second kappa shape index (κ2) is 3.36. The zero-order valence-electron chi connectivity index (χ0n) is 7.41. The predicted molar refractivity (Wildman–Crippen MR) is 43.4 cm³/mol. The Labute approximate surface area is 78.7 Å². The minimum Gasteiger partial charge on any atom is -0.343 e. The first-order valence-corrected chi connectivity index (χ1v) is 3.92. The van der Waals surface area contributed by atoms with Gasteiger partial charge in [0.1, 0.15) is 12.2 Å². The third-order valence-corrected chi connectivity index (χ3v) is 1.68. The van der Waals surface area contributed by atoms with Crippen LogP contribution in [0, 0.1) is 0 Å². The molecule has 14 heavy (non-hydrogen) atoms. The van der Waals surface area contributed by atoms with Crippen LogP contribution in [0.2, 0.25) is 0 Å². The molecule has 72 valence electrons. The highest BCUT2D eigenvalue weighted by molar-refractivity contribution is 5.91. The van der Waals surface area contributed by atoms with Gasteiger partial charge in [0.05, 0.1) is 6.20 Å². The van der Waals surface area contributed by atoms with Crippen molar-refractivity contribution in [3.63, 3.8) is 0 Å². The Balaban J connectivity index is 2.25. The van der Waals surface area contributed by atoms with E-state index in [0.29, 0.717) is 11.5 Å². The lowest BCUT2D eigenvalue weighted by Crippen LogP contribution is -2.10. The Morgan fingerprint density at radius 2 is 2.50 bits per heavy atom. The predicted octanol–water partition coefficient (Wildman–Crippen LogP) is -0.0880. The molecule has 2 heterocycles. The lowest BCUT2D eigenvalue weighted by molar-refractivity contribution is 0.100. The molecule has 0 saturated carbocycles. The van der Waals surface area contributed by atoms with E-state index in [0.717, 1.165) is 0 Å². The van der Waals surface area contributed by atoms with Crippen molar-refractivity contribution < 1.29 is 9.32 Å². The molecule has 0 aliphatic heterocycles. The van der Waals surface area contributed by atoms with E-state index in [-0.39, 0.29) is 12.3 Å². The first kappa shape index (κ1) is 8.54. The molecular formula is C7H7N5O2. The third kappa shape index (κ3) is 1.51. The molecule has 0 bridgehead atoms. The quantitative estimate of drug-likeness (QED) is 0.633. The lowest BCUT2D eigenvalue weighted by atomic mass is 10.3. The summed E-state index contributed by atoms with van der Waals surface area (Å²) in [5.74, 6) is 0.358. The highest BCUT2D eigenvalue weighted by Crippen LogP contribution is 2.00. The van der Waals surface area contributed by atoms with Crippen LogP contribution in [0.15, 0.2) is 17.1 Å². The van der Waals surface area contributed by atoms with E-state index in [9.17, 15) is 4.79 Å². The molecule has 0 aromatic carbocycles. The van der Waals surface area contributed by atoms with Gasteiger partial charge in [-0.15, -0.1) is 5.10 Å². The number of nitrogens with zero attached hydrogens (tertiary/aromatic N) is 5. The van der Waals surface area contributed by atoms with E-state index in [4.69, 9.17) is 0 Å². The molecule has 0 fully saturated rings. The third-order valence-electron chi connectivity index (χ3n) is 1.68. The Kier molecular flexibility index (Phi) is 2.05. The largest absolute Gasteiger partial charge is 0.343 e. The van der Waals surface area contributed by atoms with Gasteiger partial charge in [0, 0.05) is 6.92 Å². The van der Waals surface area contributed by atoms with Crippen LogP contribution in [-0.2, 0) is 6.54 Å². The molecule has 0 amide bonds. The number of carbonyl (C=O) groups is 1. The first-order valence-electron chi connectivity index (χ1n) is 3.92. The summed E-state index contributed by atoms with van der Waals surface area (Å²) >= 11 is 0. The van der Waals surface area contributed by atoms with Gasteiger partial charge >= 0.3 is 0 Å². The molecule has 7 heteroatoms. The fourth-order valence-electron chi connectivity index (χ4n) is 1.04. The van der Waals surface area contributed by atoms with Crippen LogP contribution >= 0.6 is 0 Å². The van der Waals surface area contributed by atoms with Crippen molar-refractivity contribution in [1.82, 2.24) is 25.1 Å². The Morgan fingerprint density at radius 3 is 3.14 bits per heavy atom. The highest BCUT2D eigenvalue weighted by atomic mass is 16.5. The molecule has 0 radical (unpaired) electrons. The van der Waals surface area contributed by atoms with Crippen LogP contribution in [-0.4, -0.2) is 30.9 Å². The number of aromatic nitrogens is 5. The molecule has 0 saturated heterocycles. The topological polar surface area (TPSA) is 86.7 Å². The number of rotatable bonds is 3. The van der Waals surface area contributed by atoms with Gasteiger partial charge in [-0.25, -0.2) is 4.68 Å². The second-order valence-corrected chi connectivity index (χ2v) is 2.68. The fraction of sp³-hybridized carbons (Fsp3) is 0.286. The lowest BCUT2D eigenvalue weighted by Gasteiger charge is -1.98. The van der Waals surface area contributed by atoms with E-state index < -0.39 is 0 Å². The smallest absolute Gasteiger partial charge is 0.213 e. The van der Waals surface area contributed by atoms with E-state index in [1.54, 1.807) is 0 Å². The maximum atomic E-state index is 11.1. The Bertz CT molecular complexity index is 433. The van der Waals surface area contributed by atoms with Crippen molar-refractivity contribution in [2.45, 2.75) is 13.5 Å².